The molecule has 5 heteroatoms. The van der Waals surface area contributed by atoms with Gasteiger partial charge in [0.1, 0.15) is 11.5 Å². The van der Waals surface area contributed by atoms with Crippen molar-refractivity contribution in [3.8, 4) is 5.75 Å². The topological polar surface area (TPSA) is 66.8 Å². The maximum Gasteiger partial charge on any atom is 0.300 e. The first-order valence-electron chi connectivity index (χ1n) is 11.1. The second-order valence-electron chi connectivity index (χ2n) is 8.25. The molecule has 0 aromatic heterocycles. The second kappa shape index (κ2) is 9.33. The van der Waals surface area contributed by atoms with Crippen LogP contribution in [0.1, 0.15) is 41.6 Å². The fraction of sp³-hybridized carbons (Fsp3) is 0.214. The van der Waals surface area contributed by atoms with E-state index in [1.807, 2.05) is 69.3 Å². The minimum Gasteiger partial charge on any atom is -0.507 e. The van der Waals surface area contributed by atoms with E-state index in [4.69, 9.17) is 4.74 Å². The number of carbonyl (C=O) groups excluding carboxylic acids is 2. The largest absolute Gasteiger partial charge is 0.507 e. The van der Waals surface area contributed by atoms with Gasteiger partial charge in [0.05, 0.1) is 18.2 Å². The second-order valence-corrected chi connectivity index (χ2v) is 8.25. The molecule has 1 atom stereocenters. The number of carbonyl (C=O) groups is 2. The van der Waals surface area contributed by atoms with Crippen molar-refractivity contribution in [1.82, 2.24) is 0 Å². The molecule has 5 nitrogen and oxygen atoms in total. The van der Waals surface area contributed by atoms with Gasteiger partial charge in [-0.15, -0.1) is 0 Å². The quantitative estimate of drug-likeness (QED) is 0.302. The van der Waals surface area contributed by atoms with Crippen molar-refractivity contribution < 1.29 is 19.4 Å². The number of amides is 1. The molecule has 0 radical (unpaired) electrons. The first-order valence-corrected chi connectivity index (χ1v) is 11.1. The molecule has 3 aromatic carbocycles. The molecule has 1 aliphatic heterocycles. The number of ketones is 1. The molecule has 1 N–H and O–H groups in total. The number of benzene rings is 3. The Hall–Kier alpha value is -3.86. The lowest BCUT2D eigenvalue weighted by Gasteiger charge is -2.27. The van der Waals surface area contributed by atoms with Crippen molar-refractivity contribution in [3.63, 3.8) is 0 Å². The summed E-state index contributed by atoms with van der Waals surface area (Å²) in [7, 11) is 0. The van der Waals surface area contributed by atoms with Crippen LogP contribution in [0.25, 0.3) is 5.76 Å². The molecule has 33 heavy (non-hydrogen) atoms. The third-order valence-electron chi connectivity index (χ3n) is 5.76. The summed E-state index contributed by atoms with van der Waals surface area (Å²) in [6, 6.07) is 21.3. The van der Waals surface area contributed by atoms with Crippen LogP contribution in [-0.4, -0.2) is 23.4 Å². The highest BCUT2D eigenvalue weighted by atomic mass is 16.5. The van der Waals surface area contributed by atoms with E-state index in [-0.39, 0.29) is 11.3 Å². The standard InChI is InChI=1S/C28H27NO4/c1-4-15-33-22-12-8-11-21(17-22)26(30)24-25(20-9-6-5-7-10-20)29(28(32)27(24)31)23-16-18(2)13-14-19(23)3/h5-14,16-17,25,30H,4,15H2,1-3H3/b26-24+. The van der Waals surface area contributed by atoms with Gasteiger partial charge in [-0.05, 0) is 55.2 Å². The van der Waals surface area contributed by atoms with Crippen LogP contribution in [0.15, 0.2) is 78.4 Å². The Morgan fingerprint density at radius 1 is 0.970 bits per heavy atom. The maximum absolute atomic E-state index is 13.3. The van der Waals surface area contributed by atoms with Gasteiger partial charge < -0.3 is 9.84 Å². The van der Waals surface area contributed by atoms with Crippen LogP contribution in [0.5, 0.6) is 5.75 Å². The van der Waals surface area contributed by atoms with Crippen LogP contribution in [0.2, 0.25) is 0 Å². The van der Waals surface area contributed by atoms with Gasteiger partial charge in [-0.3, -0.25) is 14.5 Å². The van der Waals surface area contributed by atoms with E-state index in [0.29, 0.717) is 23.6 Å². The average Bonchev–Trinajstić information content (AvgIpc) is 3.10. The van der Waals surface area contributed by atoms with E-state index in [2.05, 4.69) is 0 Å². The summed E-state index contributed by atoms with van der Waals surface area (Å²) in [6.45, 7) is 6.41. The fourth-order valence-electron chi connectivity index (χ4n) is 4.12. The monoisotopic (exact) mass is 441 g/mol. The molecule has 168 valence electrons. The molecule has 0 bridgehead atoms. The number of rotatable bonds is 6. The van der Waals surface area contributed by atoms with Gasteiger partial charge in [0.15, 0.2) is 0 Å². The molecule has 1 heterocycles. The van der Waals surface area contributed by atoms with Crippen LogP contribution in [0.3, 0.4) is 0 Å². The number of hydrogen-bond acceptors (Lipinski definition) is 4. The summed E-state index contributed by atoms with van der Waals surface area (Å²) in [6.07, 6.45) is 0.852. The molecule has 1 unspecified atom stereocenters. The zero-order chi connectivity index (χ0) is 23.5. The number of hydrogen-bond donors (Lipinski definition) is 1. The molecule has 1 amide bonds. The van der Waals surface area contributed by atoms with Crippen LogP contribution in [-0.2, 0) is 9.59 Å². The Labute approximate surface area is 193 Å². The van der Waals surface area contributed by atoms with Gasteiger partial charge >= 0.3 is 0 Å². The van der Waals surface area contributed by atoms with Crippen LogP contribution in [0.4, 0.5) is 5.69 Å². The van der Waals surface area contributed by atoms with E-state index in [1.165, 1.54) is 4.90 Å². The number of Topliss-reactive ketones (excluding diaryl/α,β-unsaturated/α-hetero) is 1. The first-order chi connectivity index (χ1) is 15.9. The molecule has 1 saturated heterocycles. The van der Waals surface area contributed by atoms with Gasteiger partial charge in [-0.25, -0.2) is 0 Å². The lowest BCUT2D eigenvalue weighted by molar-refractivity contribution is -0.132. The summed E-state index contributed by atoms with van der Waals surface area (Å²) in [4.78, 5) is 28.1. The minimum absolute atomic E-state index is 0.0692. The molecule has 0 aliphatic carbocycles. The zero-order valence-electron chi connectivity index (χ0n) is 19.0. The Bertz CT molecular complexity index is 1230. The molecule has 0 saturated carbocycles. The maximum atomic E-state index is 13.3. The smallest absolute Gasteiger partial charge is 0.300 e. The highest BCUT2D eigenvalue weighted by molar-refractivity contribution is 6.51. The Morgan fingerprint density at radius 2 is 1.73 bits per heavy atom. The molecule has 3 aromatic rings. The van der Waals surface area contributed by atoms with Crippen molar-refractivity contribution in [2.45, 2.75) is 33.2 Å². The third-order valence-corrected chi connectivity index (χ3v) is 5.76. The highest BCUT2D eigenvalue weighted by Crippen LogP contribution is 2.43. The predicted molar refractivity (Wildman–Crippen MR) is 129 cm³/mol. The lowest BCUT2D eigenvalue weighted by atomic mass is 9.95. The Balaban J connectivity index is 1.91. The van der Waals surface area contributed by atoms with Crippen molar-refractivity contribution in [2.75, 3.05) is 11.5 Å². The summed E-state index contributed by atoms with van der Waals surface area (Å²) in [5, 5.41) is 11.3. The van der Waals surface area contributed by atoms with Crippen LogP contribution < -0.4 is 9.64 Å². The zero-order valence-corrected chi connectivity index (χ0v) is 19.0. The summed E-state index contributed by atoms with van der Waals surface area (Å²) >= 11 is 0. The van der Waals surface area contributed by atoms with Gasteiger partial charge in [-0.2, -0.15) is 0 Å². The van der Waals surface area contributed by atoms with E-state index in [1.54, 1.807) is 24.3 Å². The molecular formula is C28H27NO4. The Kier molecular flexibility index (Phi) is 6.31. The van der Waals surface area contributed by atoms with E-state index in [9.17, 15) is 14.7 Å². The lowest BCUT2D eigenvalue weighted by Crippen LogP contribution is -2.30. The Morgan fingerprint density at radius 3 is 2.45 bits per heavy atom. The van der Waals surface area contributed by atoms with Crippen molar-refractivity contribution in [2.24, 2.45) is 0 Å². The van der Waals surface area contributed by atoms with Crippen molar-refractivity contribution in [3.05, 3.63) is 101 Å². The molecule has 1 aliphatic rings. The summed E-state index contributed by atoms with van der Waals surface area (Å²) in [5.41, 5.74) is 3.76. The number of aryl methyl sites for hydroxylation is 2. The van der Waals surface area contributed by atoms with Gasteiger partial charge in [0, 0.05) is 11.3 Å². The number of nitrogens with zero attached hydrogens (tertiary/aromatic N) is 1. The normalized spacial score (nSPS) is 17.4. The molecular weight excluding hydrogens is 414 g/mol. The van der Waals surface area contributed by atoms with E-state index < -0.39 is 17.7 Å². The number of anilines is 1. The SMILES string of the molecule is CCCOc1cccc(/C(O)=C2\C(=O)C(=O)N(c3cc(C)ccc3C)C2c2ccccc2)c1. The van der Waals surface area contributed by atoms with Gasteiger partial charge in [0.25, 0.3) is 11.7 Å². The van der Waals surface area contributed by atoms with Crippen molar-refractivity contribution in [1.29, 1.82) is 0 Å². The molecule has 4 rings (SSSR count). The minimum atomic E-state index is -0.744. The fourth-order valence-corrected chi connectivity index (χ4v) is 4.12. The summed E-state index contributed by atoms with van der Waals surface area (Å²) < 4.78 is 5.69. The van der Waals surface area contributed by atoms with Gasteiger partial charge in [-0.1, -0.05) is 61.5 Å². The summed E-state index contributed by atoms with van der Waals surface area (Å²) in [5.74, 6) is -0.975. The van der Waals surface area contributed by atoms with Gasteiger partial charge in [0.2, 0.25) is 0 Å². The molecule has 1 fully saturated rings. The van der Waals surface area contributed by atoms with Crippen molar-refractivity contribution >= 4 is 23.1 Å². The van der Waals surface area contributed by atoms with E-state index in [0.717, 1.165) is 23.1 Å². The number of aliphatic hydroxyl groups is 1. The number of aliphatic hydroxyl groups excluding tert-OH is 1. The molecule has 0 spiro atoms. The van der Waals surface area contributed by atoms with Crippen LogP contribution in [0, 0.1) is 13.8 Å². The third kappa shape index (κ3) is 4.27. The highest BCUT2D eigenvalue weighted by Gasteiger charge is 2.47. The predicted octanol–water partition coefficient (Wildman–Crippen LogP) is 5.72. The van der Waals surface area contributed by atoms with E-state index >= 15 is 0 Å². The number of ether oxygens (including phenoxy) is 1. The van der Waals surface area contributed by atoms with Crippen LogP contribution >= 0.6 is 0 Å². The first kappa shape index (κ1) is 22.3. The average molecular weight is 442 g/mol.